The molecular formula is C22H31N5O2S. The van der Waals surface area contributed by atoms with Crippen LogP contribution in [0.2, 0.25) is 0 Å². The fourth-order valence-electron chi connectivity index (χ4n) is 3.50. The van der Waals surface area contributed by atoms with Crippen molar-refractivity contribution in [2.75, 3.05) is 31.1 Å². The van der Waals surface area contributed by atoms with Gasteiger partial charge in [-0.05, 0) is 24.8 Å². The zero-order chi connectivity index (χ0) is 21.5. The molecule has 1 aliphatic rings. The number of aromatic nitrogens is 1. The average molecular weight is 430 g/mol. The number of hydrogen-bond donors (Lipinski definition) is 2. The van der Waals surface area contributed by atoms with Crippen molar-refractivity contribution in [3.05, 3.63) is 47.0 Å². The number of amides is 3. The third-order valence-corrected chi connectivity index (χ3v) is 6.00. The van der Waals surface area contributed by atoms with E-state index < -0.39 is 6.04 Å². The summed E-state index contributed by atoms with van der Waals surface area (Å²) >= 11 is 1.61. The molecule has 1 aromatic carbocycles. The lowest BCUT2D eigenvalue weighted by atomic mass is 10.0. The van der Waals surface area contributed by atoms with Crippen LogP contribution in [-0.4, -0.2) is 54.0 Å². The largest absolute Gasteiger partial charge is 0.345 e. The first kappa shape index (κ1) is 22.1. The van der Waals surface area contributed by atoms with Crippen molar-refractivity contribution in [2.45, 2.75) is 39.8 Å². The molecule has 2 heterocycles. The van der Waals surface area contributed by atoms with Crippen LogP contribution in [0.15, 0.2) is 35.8 Å². The fraction of sp³-hybridized carbons (Fsp3) is 0.500. The molecule has 0 bridgehead atoms. The summed E-state index contributed by atoms with van der Waals surface area (Å²) < 4.78 is 0. The Morgan fingerprint density at radius 2 is 1.83 bits per heavy atom. The van der Waals surface area contributed by atoms with Crippen LogP contribution in [0.4, 0.5) is 9.93 Å². The molecule has 0 radical (unpaired) electrons. The number of aryl methyl sites for hydroxylation is 1. The van der Waals surface area contributed by atoms with Crippen LogP contribution >= 0.6 is 11.3 Å². The fourth-order valence-corrected chi connectivity index (χ4v) is 4.20. The highest BCUT2D eigenvalue weighted by Gasteiger charge is 2.29. The summed E-state index contributed by atoms with van der Waals surface area (Å²) in [5.41, 5.74) is 2.21. The van der Waals surface area contributed by atoms with Crippen molar-refractivity contribution in [1.29, 1.82) is 0 Å². The molecule has 1 aromatic heterocycles. The monoisotopic (exact) mass is 429 g/mol. The van der Waals surface area contributed by atoms with E-state index >= 15 is 0 Å². The Kier molecular flexibility index (Phi) is 7.68. The first-order valence-electron chi connectivity index (χ1n) is 10.5. The van der Waals surface area contributed by atoms with Gasteiger partial charge in [0.1, 0.15) is 6.04 Å². The SMILES string of the molecule is Cc1ccc(CNC(=O)N[C@H](CC(C)C)C(=O)N2CCN(c3nccs3)CC2)cc1. The van der Waals surface area contributed by atoms with Gasteiger partial charge >= 0.3 is 6.03 Å². The Labute approximate surface area is 182 Å². The second-order valence-electron chi connectivity index (χ2n) is 8.12. The van der Waals surface area contributed by atoms with Crippen molar-refractivity contribution in [2.24, 2.45) is 5.92 Å². The van der Waals surface area contributed by atoms with Gasteiger partial charge in [0.15, 0.2) is 5.13 Å². The van der Waals surface area contributed by atoms with Gasteiger partial charge in [-0.1, -0.05) is 43.7 Å². The van der Waals surface area contributed by atoms with Gasteiger partial charge in [0.25, 0.3) is 0 Å². The number of benzene rings is 1. The topological polar surface area (TPSA) is 77.6 Å². The van der Waals surface area contributed by atoms with E-state index in [4.69, 9.17) is 0 Å². The number of urea groups is 1. The maximum absolute atomic E-state index is 13.1. The molecule has 30 heavy (non-hydrogen) atoms. The highest BCUT2D eigenvalue weighted by atomic mass is 32.1. The maximum Gasteiger partial charge on any atom is 0.315 e. The van der Waals surface area contributed by atoms with Crippen molar-refractivity contribution in [3.63, 3.8) is 0 Å². The summed E-state index contributed by atoms with van der Waals surface area (Å²) in [7, 11) is 0. The minimum absolute atomic E-state index is 0.00650. The van der Waals surface area contributed by atoms with Gasteiger partial charge in [-0.3, -0.25) is 4.79 Å². The second kappa shape index (κ2) is 10.4. The Morgan fingerprint density at radius 1 is 1.13 bits per heavy atom. The molecule has 0 aliphatic carbocycles. The zero-order valence-electron chi connectivity index (χ0n) is 17.9. The first-order chi connectivity index (χ1) is 14.4. The summed E-state index contributed by atoms with van der Waals surface area (Å²) in [6, 6.07) is 7.20. The predicted molar refractivity (Wildman–Crippen MR) is 121 cm³/mol. The molecular weight excluding hydrogens is 398 g/mol. The molecule has 2 aromatic rings. The van der Waals surface area contributed by atoms with Gasteiger partial charge in [-0.25, -0.2) is 9.78 Å². The highest BCUT2D eigenvalue weighted by Crippen LogP contribution is 2.19. The summed E-state index contributed by atoms with van der Waals surface area (Å²) in [6.45, 7) is 9.38. The number of carbonyl (C=O) groups excluding carboxylic acids is 2. The summed E-state index contributed by atoms with van der Waals surface area (Å²) in [4.78, 5) is 34.0. The Morgan fingerprint density at radius 3 is 2.43 bits per heavy atom. The van der Waals surface area contributed by atoms with E-state index in [2.05, 4.69) is 34.4 Å². The van der Waals surface area contributed by atoms with Gasteiger partial charge in [-0.15, -0.1) is 11.3 Å². The van der Waals surface area contributed by atoms with Crippen molar-refractivity contribution >= 4 is 28.4 Å². The van der Waals surface area contributed by atoms with Gasteiger partial charge in [0.2, 0.25) is 5.91 Å². The normalized spacial score (nSPS) is 15.2. The molecule has 8 heteroatoms. The van der Waals surface area contributed by atoms with Crippen LogP contribution in [0.25, 0.3) is 0 Å². The number of anilines is 1. The van der Waals surface area contributed by atoms with Gasteiger partial charge in [0.05, 0.1) is 0 Å². The molecule has 7 nitrogen and oxygen atoms in total. The lowest BCUT2D eigenvalue weighted by Crippen LogP contribution is -2.56. The van der Waals surface area contributed by atoms with Gasteiger partial charge < -0.3 is 20.4 Å². The molecule has 0 unspecified atom stereocenters. The smallest absolute Gasteiger partial charge is 0.315 e. The van der Waals surface area contributed by atoms with Crippen molar-refractivity contribution in [1.82, 2.24) is 20.5 Å². The Balaban J connectivity index is 1.53. The molecule has 1 fully saturated rings. The average Bonchev–Trinajstić information content (AvgIpc) is 3.27. The lowest BCUT2D eigenvalue weighted by molar-refractivity contribution is -0.133. The zero-order valence-corrected chi connectivity index (χ0v) is 18.7. The van der Waals surface area contributed by atoms with E-state index in [9.17, 15) is 9.59 Å². The van der Waals surface area contributed by atoms with Crippen LogP contribution in [0, 0.1) is 12.8 Å². The maximum atomic E-state index is 13.1. The van der Waals surface area contributed by atoms with E-state index in [0.29, 0.717) is 32.0 Å². The van der Waals surface area contributed by atoms with Crippen LogP contribution in [-0.2, 0) is 11.3 Å². The van der Waals surface area contributed by atoms with Crippen LogP contribution < -0.4 is 15.5 Å². The minimum Gasteiger partial charge on any atom is -0.345 e. The molecule has 1 saturated heterocycles. The number of carbonyl (C=O) groups is 2. The Hall–Kier alpha value is -2.61. The molecule has 2 N–H and O–H groups in total. The summed E-state index contributed by atoms with van der Waals surface area (Å²) in [5.74, 6) is 0.293. The van der Waals surface area contributed by atoms with E-state index in [1.54, 1.807) is 17.5 Å². The molecule has 3 amide bonds. The molecule has 0 spiro atoms. The van der Waals surface area contributed by atoms with Crippen molar-refractivity contribution < 1.29 is 9.59 Å². The molecule has 3 rings (SSSR count). The van der Waals surface area contributed by atoms with Gasteiger partial charge in [-0.2, -0.15) is 0 Å². The number of rotatable bonds is 7. The highest BCUT2D eigenvalue weighted by molar-refractivity contribution is 7.13. The minimum atomic E-state index is -0.519. The number of piperazine rings is 1. The van der Waals surface area contributed by atoms with E-state index in [0.717, 1.165) is 23.8 Å². The number of nitrogens with zero attached hydrogens (tertiary/aromatic N) is 3. The number of thiazole rings is 1. The molecule has 0 saturated carbocycles. The van der Waals surface area contributed by atoms with E-state index in [1.165, 1.54) is 5.56 Å². The second-order valence-corrected chi connectivity index (χ2v) is 8.99. The lowest BCUT2D eigenvalue weighted by Gasteiger charge is -2.36. The number of hydrogen-bond acceptors (Lipinski definition) is 5. The van der Waals surface area contributed by atoms with Crippen LogP contribution in [0.1, 0.15) is 31.4 Å². The summed E-state index contributed by atoms with van der Waals surface area (Å²) in [5, 5.41) is 8.73. The van der Waals surface area contributed by atoms with E-state index in [-0.39, 0.29) is 11.9 Å². The molecule has 162 valence electrons. The summed E-state index contributed by atoms with van der Waals surface area (Å²) in [6.07, 6.45) is 2.42. The molecule has 1 aliphatic heterocycles. The van der Waals surface area contributed by atoms with Crippen molar-refractivity contribution in [3.8, 4) is 0 Å². The van der Waals surface area contributed by atoms with Crippen LogP contribution in [0.3, 0.4) is 0 Å². The van der Waals surface area contributed by atoms with E-state index in [1.807, 2.05) is 41.5 Å². The standard InChI is InChI=1S/C22H31N5O2S/c1-16(2)14-19(25-21(29)24-15-18-6-4-17(3)5-7-18)20(28)26-9-11-27(12-10-26)22-23-8-13-30-22/h4-8,13,16,19H,9-12,14-15H2,1-3H3,(H2,24,25,29)/t19-/m1/s1. The quantitative estimate of drug-likeness (QED) is 0.709. The predicted octanol–water partition coefficient (Wildman–Crippen LogP) is 3.01. The third kappa shape index (κ3) is 6.19. The Bertz CT molecular complexity index is 815. The first-order valence-corrected chi connectivity index (χ1v) is 11.3. The third-order valence-electron chi connectivity index (χ3n) is 5.17. The molecule has 1 atom stereocenters. The van der Waals surface area contributed by atoms with Crippen LogP contribution in [0.5, 0.6) is 0 Å². The number of nitrogens with one attached hydrogen (secondary N) is 2. The van der Waals surface area contributed by atoms with Gasteiger partial charge in [0, 0.05) is 44.3 Å².